The molecule has 2 aromatic carbocycles. The molecule has 0 unspecified atom stereocenters. The second kappa shape index (κ2) is 6.38. The van der Waals surface area contributed by atoms with Gasteiger partial charge in [0.05, 0.1) is 7.11 Å². The summed E-state index contributed by atoms with van der Waals surface area (Å²) < 4.78 is 4.63. The lowest BCUT2D eigenvalue weighted by molar-refractivity contribution is -0.142. The predicted molar refractivity (Wildman–Crippen MR) is 74.9 cm³/mol. The molecular formula is C14H16ClNO2. The summed E-state index contributed by atoms with van der Waals surface area (Å²) in [6, 6.07) is 13.5. The standard InChI is InChI=1S/C14H15NO2.ClH/c1-17-14(16)13(15)9-11-7-4-6-10-5-2-3-8-12(10)11;/h2-8,13H,9,15H2,1H3;1H/t13-;/m0./s1. The number of carbonyl (C=O) groups is 1. The van der Waals surface area contributed by atoms with Crippen molar-refractivity contribution < 1.29 is 9.53 Å². The summed E-state index contributed by atoms with van der Waals surface area (Å²) in [5.41, 5.74) is 6.85. The first-order chi connectivity index (χ1) is 8.22. The van der Waals surface area contributed by atoms with Crippen molar-refractivity contribution in [3.63, 3.8) is 0 Å². The van der Waals surface area contributed by atoms with E-state index in [9.17, 15) is 4.79 Å². The second-order valence-corrected chi connectivity index (χ2v) is 3.97. The molecule has 0 aliphatic rings. The molecule has 0 spiro atoms. The molecule has 18 heavy (non-hydrogen) atoms. The fraction of sp³-hybridized carbons (Fsp3) is 0.214. The monoisotopic (exact) mass is 265 g/mol. The zero-order chi connectivity index (χ0) is 12.3. The molecule has 2 rings (SSSR count). The third-order valence-corrected chi connectivity index (χ3v) is 2.82. The Labute approximate surface area is 112 Å². The van der Waals surface area contributed by atoms with Gasteiger partial charge in [0.15, 0.2) is 0 Å². The molecule has 0 bridgehead atoms. The molecule has 0 saturated carbocycles. The van der Waals surface area contributed by atoms with Crippen LogP contribution in [0, 0.1) is 0 Å². The summed E-state index contributed by atoms with van der Waals surface area (Å²) in [5.74, 6) is -0.377. The highest BCUT2D eigenvalue weighted by Crippen LogP contribution is 2.19. The third kappa shape index (κ3) is 3.00. The maximum Gasteiger partial charge on any atom is 0.322 e. The van der Waals surface area contributed by atoms with Gasteiger partial charge in [-0.1, -0.05) is 42.5 Å². The summed E-state index contributed by atoms with van der Waals surface area (Å²) in [7, 11) is 1.35. The fourth-order valence-electron chi connectivity index (χ4n) is 1.94. The SMILES string of the molecule is COC(=O)[C@@H](N)Cc1cccc2ccccc12.Cl. The summed E-state index contributed by atoms with van der Waals surface area (Å²) in [5, 5.41) is 2.29. The first-order valence-electron chi connectivity index (χ1n) is 5.52. The molecule has 0 aliphatic carbocycles. The molecule has 0 radical (unpaired) electrons. The second-order valence-electron chi connectivity index (χ2n) is 3.97. The Hall–Kier alpha value is -1.58. The first kappa shape index (κ1) is 14.5. The van der Waals surface area contributed by atoms with Crippen LogP contribution in [0.5, 0.6) is 0 Å². The molecule has 0 fully saturated rings. The lowest BCUT2D eigenvalue weighted by Crippen LogP contribution is -2.33. The van der Waals surface area contributed by atoms with Gasteiger partial charge in [-0.2, -0.15) is 0 Å². The highest BCUT2D eigenvalue weighted by atomic mass is 35.5. The van der Waals surface area contributed by atoms with Crippen LogP contribution in [0.15, 0.2) is 42.5 Å². The van der Waals surface area contributed by atoms with Gasteiger partial charge in [0.1, 0.15) is 6.04 Å². The summed E-state index contributed by atoms with van der Waals surface area (Å²) in [6.07, 6.45) is 0.494. The lowest BCUT2D eigenvalue weighted by atomic mass is 9.99. The van der Waals surface area contributed by atoms with Crippen molar-refractivity contribution in [2.75, 3.05) is 7.11 Å². The van der Waals surface area contributed by atoms with Crippen molar-refractivity contribution in [1.82, 2.24) is 0 Å². The number of esters is 1. The number of carbonyl (C=O) groups excluding carboxylic acids is 1. The van der Waals surface area contributed by atoms with Crippen molar-refractivity contribution in [2.45, 2.75) is 12.5 Å². The van der Waals surface area contributed by atoms with E-state index in [4.69, 9.17) is 5.73 Å². The van der Waals surface area contributed by atoms with Gasteiger partial charge in [-0.3, -0.25) is 4.79 Å². The van der Waals surface area contributed by atoms with E-state index < -0.39 is 6.04 Å². The number of ether oxygens (including phenoxy) is 1. The highest BCUT2D eigenvalue weighted by Gasteiger charge is 2.15. The van der Waals surface area contributed by atoms with E-state index in [2.05, 4.69) is 4.74 Å². The van der Waals surface area contributed by atoms with Crippen LogP contribution < -0.4 is 5.73 Å². The molecule has 0 amide bonds. The number of hydrogen-bond donors (Lipinski definition) is 1. The van der Waals surface area contributed by atoms with Crippen LogP contribution >= 0.6 is 12.4 Å². The van der Waals surface area contributed by atoms with E-state index in [1.807, 2.05) is 42.5 Å². The van der Waals surface area contributed by atoms with Crippen molar-refractivity contribution in [3.8, 4) is 0 Å². The normalized spacial score (nSPS) is 11.7. The zero-order valence-corrected chi connectivity index (χ0v) is 10.9. The number of methoxy groups -OCH3 is 1. The van der Waals surface area contributed by atoms with Gasteiger partial charge in [0, 0.05) is 0 Å². The van der Waals surface area contributed by atoms with Gasteiger partial charge < -0.3 is 10.5 Å². The molecule has 1 atom stereocenters. The number of nitrogens with two attached hydrogens (primary N) is 1. The minimum Gasteiger partial charge on any atom is -0.468 e. The number of fused-ring (bicyclic) bond motifs is 1. The van der Waals surface area contributed by atoms with Crippen LogP contribution in [-0.4, -0.2) is 19.1 Å². The maximum atomic E-state index is 11.3. The minimum absolute atomic E-state index is 0. The lowest BCUT2D eigenvalue weighted by Gasteiger charge is -2.11. The van der Waals surface area contributed by atoms with Crippen LogP contribution in [0.25, 0.3) is 10.8 Å². The van der Waals surface area contributed by atoms with E-state index >= 15 is 0 Å². The third-order valence-electron chi connectivity index (χ3n) is 2.82. The quantitative estimate of drug-likeness (QED) is 0.867. The molecule has 2 N–H and O–H groups in total. The summed E-state index contributed by atoms with van der Waals surface area (Å²) in [6.45, 7) is 0. The van der Waals surface area contributed by atoms with Crippen LogP contribution in [0.3, 0.4) is 0 Å². The molecule has 2 aromatic rings. The average Bonchev–Trinajstić information content (AvgIpc) is 2.38. The smallest absolute Gasteiger partial charge is 0.322 e. The molecule has 0 heterocycles. The molecule has 0 aliphatic heterocycles. The van der Waals surface area contributed by atoms with Crippen LogP contribution in [0.1, 0.15) is 5.56 Å². The number of halogens is 1. The van der Waals surface area contributed by atoms with E-state index in [-0.39, 0.29) is 18.4 Å². The Kier molecular flexibility index (Phi) is 5.13. The van der Waals surface area contributed by atoms with Crippen molar-refractivity contribution in [3.05, 3.63) is 48.0 Å². The van der Waals surface area contributed by atoms with Crippen molar-refractivity contribution in [1.29, 1.82) is 0 Å². The van der Waals surface area contributed by atoms with Gasteiger partial charge in [-0.05, 0) is 22.8 Å². The Morgan fingerprint density at radius 1 is 1.22 bits per heavy atom. The molecule has 96 valence electrons. The molecular weight excluding hydrogens is 250 g/mol. The van der Waals surface area contributed by atoms with E-state index in [0.29, 0.717) is 6.42 Å². The topological polar surface area (TPSA) is 52.3 Å². The van der Waals surface area contributed by atoms with Gasteiger partial charge >= 0.3 is 5.97 Å². The van der Waals surface area contributed by atoms with E-state index in [0.717, 1.165) is 16.3 Å². The predicted octanol–water partition coefficient (Wildman–Crippen LogP) is 2.30. The Bertz CT molecular complexity index is 537. The van der Waals surface area contributed by atoms with Gasteiger partial charge in [-0.25, -0.2) is 0 Å². The Morgan fingerprint density at radius 3 is 2.61 bits per heavy atom. The van der Waals surface area contributed by atoms with Crippen molar-refractivity contribution >= 4 is 29.1 Å². The van der Waals surface area contributed by atoms with E-state index in [1.165, 1.54) is 7.11 Å². The molecule has 0 aromatic heterocycles. The van der Waals surface area contributed by atoms with Crippen LogP contribution in [0.2, 0.25) is 0 Å². The van der Waals surface area contributed by atoms with Crippen LogP contribution in [-0.2, 0) is 16.0 Å². The zero-order valence-electron chi connectivity index (χ0n) is 10.1. The van der Waals surface area contributed by atoms with Gasteiger partial charge in [-0.15, -0.1) is 12.4 Å². The van der Waals surface area contributed by atoms with Crippen LogP contribution in [0.4, 0.5) is 0 Å². The van der Waals surface area contributed by atoms with Gasteiger partial charge in [0.2, 0.25) is 0 Å². The maximum absolute atomic E-state index is 11.3. The number of hydrogen-bond acceptors (Lipinski definition) is 3. The molecule has 0 saturated heterocycles. The van der Waals surface area contributed by atoms with E-state index in [1.54, 1.807) is 0 Å². The average molecular weight is 266 g/mol. The summed E-state index contributed by atoms with van der Waals surface area (Å²) >= 11 is 0. The van der Waals surface area contributed by atoms with Crippen molar-refractivity contribution in [2.24, 2.45) is 5.73 Å². The van der Waals surface area contributed by atoms with Gasteiger partial charge in [0.25, 0.3) is 0 Å². The number of rotatable bonds is 3. The first-order valence-corrected chi connectivity index (χ1v) is 5.52. The molecule has 3 nitrogen and oxygen atoms in total. The largest absolute Gasteiger partial charge is 0.468 e. The fourth-order valence-corrected chi connectivity index (χ4v) is 1.94. The number of benzene rings is 2. The summed E-state index contributed by atoms with van der Waals surface area (Å²) in [4.78, 5) is 11.3. The Morgan fingerprint density at radius 2 is 1.89 bits per heavy atom. The minimum atomic E-state index is -0.606. The molecule has 4 heteroatoms. The highest BCUT2D eigenvalue weighted by molar-refractivity contribution is 5.86. The Balaban J connectivity index is 0.00000162.